The van der Waals surface area contributed by atoms with E-state index in [0.717, 1.165) is 17.7 Å². The second-order valence-electron chi connectivity index (χ2n) is 5.30. The Hall–Kier alpha value is -2.00. The van der Waals surface area contributed by atoms with Crippen molar-refractivity contribution in [3.63, 3.8) is 0 Å². The molecule has 2 aromatic rings. The molecule has 0 fully saturated rings. The predicted octanol–water partition coefficient (Wildman–Crippen LogP) is 1.83. The zero-order valence-corrected chi connectivity index (χ0v) is 14.6. The van der Waals surface area contributed by atoms with Crippen LogP contribution in [0.2, 0.25) is 0 Å². The molecule has 8 heteroatoms. The second-order valence-corrected chi connectivity index (χ2v) is 7.04. The minimum absolute atomic E-state index is 0.0274. The molecule has 0 amide bonds. The van der Waals surface area contributed by atoms with E-state index in [0.29, 0.717) is 0 Å². The zero-order valence-electron chi connectivity index (χ0n) is 13.8. The van der Waals surface area contributed by atoms with Crippen molar-refractivity contribution in [3.05, 3.63) is 59.9 Å². The number of sulfonamides is 1. The van der Waals surface area contributed by atoms with Crippen molar-refractivity contribution >= 4 is 10.0 Å². The molecule has 25 heavy (non-hydrogen) atoms. The van der Waals surface area contributed by atoms with Crippen LogP contribution in [0, 0.1) is 5.82 Å². The summed E-state index contributed by atoms with van der Waals surface area (Å²) < 4.78 is 51.2. The summed E-state index contributed by atoms with van der Waals surface area (Å²) >= 11 is 0. The van der Waals surface area contributed by atoms with Crippen LogP contribution in [0.15, 0.2) is 53.4 Å². The number of methoxy groups -OCH3 is 1. The van der Waals surface area contributed by atoms with Crippen molar-refractivity contribution in [1.82, 2.24) is 4.72 Å². The van der Waals surface area contributed by atoms with Crippen molar-refractivity contribution < 1.29 is 22.3 Å². The normalized spacial score (nSPS) is 12.8. The van der Waals surface area contributed by atoms with Crippen molar-refractivity contribution in [2.45, 2.75) is 10.9 Å². The second kappa shape index (κ2) is 8.91. The molecule has 0 aliphatic rings. The van der Waals surface area contributed by atoms with Gasteiger partial charge in [-0.05, 0) is 23.8 Å². The molecule has 0 saturated carbocycles. The first-order valence-corrected chi connectivity index (χ1v) is 9.14. The van der Waals surface area contributed by atoms with Crippen molar-refractivity contribution in [2.75, 3.05) is 26.9 Å². The van der Waals surface area contributed by atoms with Crippen LogP contribution in [0.5, 0.6) is 5.75 Å². The predicted molar refractivity (Wildman–Crippen MR) is 92.3 cm³/mol. The smallest absolute Gasteiger partial charge is 0.244 e. The van der Waals surface area contributed by atoms with Gasteiger partial charge in [-0.2, -0.15) is 0 Å². The fraction of sp³-hybridized carbons (Fsp3) is 0.294. The number of hydrogen-bond acceptors (Lipinski definition) is 5. The van der Waals surface area contributed by atoms with E-state index >= 15 is 0 Å². The van der Waals surface area contributed by atoms with Crippen molar-refractivity contribution in [1.29, 1.82) is 0 Å². The Morgan fingerprint density at radius 1 is 1.16 bits per heavy atom. The summed E-state index contributed by atoms with van der Waals surface area (Å²) in [5.74, 6) is -0.619. The SMILES string of the molecule is COCCOc1ccc(F)cc1S(=O)(=O)NCC(N)c1ccccc1. The first-order valence-electron chi connectivity index (χ1n) is 7.65. The standard InChI is InChI=1S/C17H21FN2O4S/c1-23-9-10-24-16-8-7-14(18)11-17(16)25(21,22)20-12-15(19)13-5-3-2-4-6-13/h2-8,11,15,20H,9-10,12,19H2,1H3. The third-order valence-electron chi connectivity index (χ3n) is 3.46. The van der Waals surface area contributed by atoms with Crippen LogP contribution in [0.4, 0.5) is 4.39 Å². The van der Waals surface area contributed by atoms with Crippen LogP contribution in [0.3, 0.4) is 0 Å². The molecule has 136 valence electrons. The molecule has 1 atom stereocenters. The molecule has 6 nitrogen and oxygen atoms in total. The lowest BCUT2D eigenvalue weighted by Gasteiger charge is -2.16. The maximum atomic E-state index is 13.5. The number of halogens is 1. The van der Waals surface area contributed by atoms with E-state index in [1.54, 1.807) is 12.1 Å². The van der Waals surface area contributed by atoms with Crippen LogP contribution in [0.25, 0.3) is 0 Å². The fourth-order valence-electron chi connectivity index (χ4n) is 2.14. The van der Waals surface area contributed by atoms with E-state index in [4.69, 9.17) is 15.2 Å². The fourth-order valence-corrected chi connectivity index (χ4v) is 3.36. The molecule has 0 radical (unpaired) electrons. The first-order chi connectivity index (χ1) is 11.9. The highest BCUT2D eigenvalue weighted by molar-refractivity contribution is 7.89. The average Bonchev–Trinajstić information content (AvgIpc) is 2.62. The van der Waals surface area contributed by atoms with Gasteiger partial charge in [-0.1, -0.05) is 30.3 Å². The Kier molecular flexibility index (Phi) is 6.89. The van der Waals surface area contributed by atoms with Crippen LogP contribution >= 0.6 is 0 Å². The molecule has 0 saturated heterocycles. The number of rotatable bonds is 9. The maximum Gasteiger partial charge on any atom is 0.244 e. The monoisotopic (exact) mass is 368 g/mol. The molecule has 0 bridgehead atoms. The van der Waals surface area contributed by atoms with Gasteiger partial charge in [0.05, 0.1) is 6.61 Å². The Morgan fingerprint density at radius 2 is 1.88 bits per heavy atom. The van der Waals surface area contributed by atoms with Gasteiger partial charge >= 0.3 is 0 Å². The zero-order chi connectivity index (χ0) is 18.3. The summed E-state index contributed by atoms with van der Waals surface area (Å²) in [5.41, 5.74) is 6.79. The highest BCUT2D eigenvalue weighted by atomic mass is 32.2. The quantitative estimate of drug-likeness (QED) is 0.659. The van der Waals surface area contributed by atoms with Crippen molar-refractivity contribution in [3.8, 4) is 5.75 Å². The molecular formula is C17H21FN2O4S. The number of nitrogens with two attached hydrogens (primary N) is 1. The Morgan fingerprint density at radius 3 is 2.56 bits per heavy atom. The minimum atomic E-state index is -3.99. The summed E-state index contributed by atoms with van der Waals surface area (Å²) in [7, 11) is -2.49. The van der Waals surface area contributed by atoms with E-state index in [-0.39, 0.29) is 30.4 Å². The third kappa shape index (κ3) is 5.50. The Bertz CT molecular complexity index is 784. The molecule has 0 aromatic heterocycles. The van der Waals surface area contributed by atoms with E-state index in [9.17, 15) is 12.8 Å². The van der Waals surface area contributed by atoms with Crippen LogP contribution in [0.1, 0.15) is 11.6 Å². The summed E-state index contributed by atoms with van der Waals surface area (Å²) in [4.78, 5) is -0.274. The van der Waals surface area contributed by atoms with Gasteiger partial charge in [0.15, 0.2) is 0 Å². The van der Waals surface area contributed by atoms with E-state index in [2.05, 4.69) is 4.72 Å². The lowest BCUT2D eigenvalue weighted by atomic mass is 10.1. The molecular weight excluding hydrogens is 347 g/mol. The summed E-state index contributed by atoms with van der Waals surface area (Å²) in [5, 5.41) is 0. The number of benzene rings is 2. The largest absolute Gasteiger partial charge is 0.490 e. The van der Waals surface area contributed by atoms with Gasteiger partial charge in [0, 0.05) is 19.7 Å². The topological polar surface area (TPSA) is 90.6 Å². The number of nitrogens with one attached hydrogen (secondary N) is 1. The molecule has 0 spiro atoms. The van der Waals surface area contributed by atoms with Crippen LogP contribution < -0.4 is 15.2 Å². The first kappa shape index (κ1) is 19.3. The highest BCUT2D eigenvalue weighted by Gasteiger charge is 2.21. The summed E-state index contributed by atoms with van der Waals surface area (Å²) in [6.45, 7) is 0.401. The molecule has 0 aliphatic heterocycles. The van der Waals surface area contributed by atoms with Gasteiger partial charge in [-0.25, -0.2) is 17.5 Å². The molecule has 3 N–H and O–H groups in total. The number of ether oxygens (including phenoxy) is 2. The van der Waals surface area contributed by atoms with Gasteiger partial charge in [-0.15, -0.1) is 0 Å². The third-order valence-corrected chi connectivity index (χ3v) is 4.91. The number of hydrogen-bond donors (Lipinski definition) is 2. The lowest BCUT2D eigenvalue weighted by molar-refractivity contribution is 0.144. The van der Waals surface area contributed by atoms with E-state index < -0.39 is 21.9 Å². The Balaban J connectivity index is 2.14. The molecule has 1 unspecified atom stereocenters. The molecule has 0 aliphatic carbocycles. The minimum Gasteiger partial charge on any atom is -0.490 e. The highest BCUT2D eigenvalue weighted by Crippen LogP contribution is 2.25. The van der Waals surface area contributed by atoms with E-state index in [1.165, 1.54) is 13.2 Å². The van der Waals surface area contributed by atoms with E-state index in [1.807, 2.05) is 18.2 Å². The molecule has 0 heterocycles. The average molecular weight is 368 g/mol. The lowest BCUT2D eigenvalue weighted by Crippen LogP contribution is -2.32. The van der Waals surface area contributed by atoms with Crippen molar-refractivity contribution in [2.24, 2.45) is 5.73 Å². The van der Waals surface area contributed by atoms with Gasteiger partial charge in [0.1, 0.15) is 23.1 Å². The van der Waals surface area contributed by atoms with Crippen LogP contribution in [-0.2, 0) is 14.8 Å². The van der Waals surface area contributed by atoms with Gasteiger partial charge in [0.2, 0.25) is 10.0 Å². The van der Waals surface area contributed by atoms with Crippen LogP contribution in [-0.4, -0.2) is 35.3 Å². The van der Waals surface area contributed by atoms with Gasteiger partial charge < -0.3 is 15.2 Å². The van der Waals surface area contributed by atoms with Gasteiger partial charge in [0.25, 0.3) is 0 Å². The molecule has 2 aromatic carbocycles. The summed E-state index contributed by atoms with van der Waals surface area (Å²) in [6.07, 6.45) is 0. The maximum absolute atomic E-state index is 13.5. The van der Waals surface area contributed by atoms with Gasteiger partial charge in [-0.3, -0.25) is 0 Å². The molecule has 2 rings (SSSR count). The summed E-state index contributed by atoms with van der Waals surface area (Å²) in [6, 6.07) is 11.9. The Labute approximate surface area is 146 Å².